The Morgan fingerprint density at radius 3 is 2.07 bits per heavy atom. The maximum atomic E-state index is 3.36. The van der Waals surface area contributed by atoms with Crippen molar-refractivity contribution in [1.82, 2.24) is 0 Å². The van der Waals surface area contributed by atoms with Crippen LogP contribution in [-0.2, 0) is 23.3 Å². The molecule has 1 heterocycles. The summed E-state index contributed by atoms with van der Waals surface area (Å²) < 4.78 is 0. The monoisotopic (exact) mass is 552 g/mol. The van der Waals surface area contributed by atoms with Gasteiger partial charge < -0.3 is 0 Å². The van der Waals surface area contributed by atoms with Gasteiger partial charge in [-0.05, 0) is 10.8 Å². The van der Waals surface area contributed by atoms with Gasteiger partial charge in [0.2, 0.25) is 0 Å². The molecule has 0 aliphatic heterocycles. The zero-order chi connectivity index (χ0) is 20.8. The Morgan fingerprint density at radius 2 is 1.63 bits per heavy atom. The number of aryl methyl sites for hydroxylation is 1. The summed E-state index contributed by atoms with van der Waals surface area (Å²) in [5, 5.41) is 7.07. The van der Waals surface area contributed by atoms with E-state index in [1.165, 1.54) is 44.2 Å². The van der Waals surface area contributed by atoms with Crippen LogP contribution >= 0.6 is 36.2 Å². The van der Waals surface area contributed by atoms with Gasteiger partial charge in [0.15, 0.2) is 0 Å². The minimum Gasteiger partial charge on any atom is -0.153 e. The number of hydrogen-bond acceptors (Lipinski definition) is 1. The fraction of sp³-hybridized carbons (Fsp3) is 0.320. The molecule has 0 radical (unpaired) electrons. The van der Waals surface area contributed by atoms with Gasteiger partial charge in [0, 0.05) is 0 Å². The van der Waals surface area contributed by atoms with Crippen molar-refractivity contribution in [2.45, 2.75) is 47.7 Å². The third-order valence-electron chi connectivity index (χ3n) is 5.04. The van der Waals surface area contributed by atoms with E-state index in [-0.39, 0.29) is 30.2 Å². The van der Waals surface area contributed by atoms with Gasteiger partial charge in [0.1, 0.15) is 0 Å². The Hall–Kier alpha value is -0.310. The fourth-order valence-corrected chi connectivity index (χ4v) is 3.97. The minimum absolute atomic E-state index is 0. The zero-order valence-corrected chi connectivity index (χ0v) is 24.8. The van der Waals surface area contributed by atoms with Gasteiger partial charge in [-0.1, -0.05) is 51.3 Å². The number of benzene rings is 1. The smallest absolute Gasteiger partial charge is 0.00956 e. The number of thiophene rings is 1. The number of rotatable bonds is 1. The maximum Gasteiger partial charge on any atom is -0.00956 e. The molecule has 0 nitrogen and oxygen atoms in total. The summed E-state index contributed by atoms with van der Waals surface area (Å²) in [6.45, 7) is 15.5. The van der Waals surface area contributed by atoms with Gasteiger partial charge in [-0.2, -0.15) is 22.5 Å². The van der Waals surface area contributed by atoms with Crippen LogP contribution in [0, 0.1) is 18.9 Å². The first kappa shape index (κ1) is 29.7. The van der Waals surface area contributed by atoms with Gasteiger partial charge >= 0.3 is 41.9 Å². The quantitative estimate of drug-likeness (QED) is 0.208. The molecule has 0 N–H and O–H groups in total. The molecule has 30 heavy (non-hydrogen) atoms. The van der Waals surface area contributed by atoms with Crippen LogP contribution in [0.25, 0.3) is 21.9 Å². The van der Waals surface area contributed by atoms with E-state index in [9.17, 15) is 0 Å². The Morgan fingerprint density at radius 1 is 1.03 bits per heavy atom. The first-order valence-corrected chi connectivity index (χ1v) is 16.8. The Labute approximate surface area is 214 Å². The summed E-state index contributed by atoms with van der Waals surface area (Å²) in [5.74, 6) is 0.560. The standard InChI is InChI=1S/C14H11S.C9H13.C2H6Si.2ClH.Zr/c1-10-8-11-4-2-3-5-13(11)14(10)12-6-7-15-9-12;1-6-5-7(2)9(4)8(6)3;1-3-2;;;/h2-9H,1H3;6H,1-4H3;1-2H3;2*1H;/q2*-1;;;;+2. The summed E-state index contributed by atoms with van der Waals surface area (Å²) in [7, 11) is 0. The summed E-state index contributed by atoms with van der Waals surface area (Å²) >= 11 is 3.49. The van der Waals surface area contributed by atoms with Crippen LogP contribution in [0.5, 0.6) is 0 Å². The summed E-state index contributed by atoms with van der Waals surface area (Å²) in [6, 6.07) is 13.0. The topological polar surface area (TPSA) is 0 Å². The van der Waals surface area contributed by atoms with Crippen molar-refractivity contribution in [3.8, 4) is 11.1 Å². The number of fused-ring (bicyclic) bond motifs is 1. The Bertz CT molecular complexity index is 1010. The van der Waals surface area contributed by atoms with E-state index in [1.54, 1.807) is 34.7 Å². The van der Waals surface area contributed by atoms with Crippen molar-refractivity contribution in [3.63, 3.8) is 0 Å². The Balaban J connectivity index is 0.000000486. The van der Waals surface area contributed by atoms with E-state index < -0.39 is 0 Å². The summed E-state index contributed by atoms with van der Waals surface area (Å²) in [4.78, 5) is 0. The number of allylic oxidation sites excluding steroid dienone is 4. The van der Waals surface area contributed by atoms with Crippen molar-refractivity contribution >= 4 is 52.4 Å². The molecule has 1 unspecified atom stereocenters. The second-order valence-corrected chi connectivity index (χ2v) is 17.8. The second-order valence-electron chi connectivity index (χ2n) is 7.60. The van der Waals surface area contributed by atoms with Gasteiger partial charge in [-0.25, -0.2) is 5.57 Å². The SMILES string of the molecule is CC1=[C-]C(C)C(C)=C1C.C[Si](C)=[Zr+2].Cc1[cH-]c2ccccc2c1-c1ccsc1.Cl.Cl. The molecule has 0 fully saturated rings. The van der Waals surface area contributed by atoms with Crippen LogP contribution < -0.4 is 0 Å². The van der Waals surface area contributed by atoms with Crippen LogP contribution in [0.1, 0.15) is 33.3 Å². The molecule has 1 aromatic heterocycles. The third kappa shape index (κ3) is 7.99. The van der Waals surface area contributed by atoms with Crippen LogP contribution in [0.3, 0.4) is 0 Å². The van der Waals surface area contributed by atoms with Crippen molar-refractivity contribution < 1.29 is 23.3 Å². The number of hydrogen-bond donors (Lipinski definition) is 0. The average molecular weight is 555 g/mol. The minimum atomic E-state index is 0. The first-order chi connectivity index (χ1) is 13.2. The van der Waals surface area contributed by atoms with Crippen molar-refractivity contribution in [1.29, 1.82) is 0 Å². The largest absolute Gasteiger partial charge is 0.153 e. The molecule has 1 atom stereocenters. The normalized spacial score (nSPS) is 14.6. The van der Waals surface area contributed by atoms with Gasteiger partial charge in [-0.15, -0.1) is 77.9 Å². The molecule has 0 bridgehead atoms. The molecule has 1 aliphatic carbocycles. The molecule has 0 saturated carbocycles. The van der Waals surface area contributed by atoms with Crippen LogP contribution in [0.4, 0.5) is 0 Å². The van der Waals surface area contributed by atoms with Crippen molar-refractivity contribution in [2.75, 3.05) is 0 Å². The van der Waals surface area contributed by atoms with Crippen LogP contribution in [-0.4, -0.2) is 5.43 Å². The first-order valence-electron chi connectivity index (χ1n) is 9.69. The number of halogens is 2. The van der Waals surface area contributed by atoms with E-state index in [0.717, 1.165) is 0 Å². The van der Waals surface area contributed by atoms with E-state index in [1.807, 2.05) is 0 Å². The maximum absolute atomic E-state index is 3.36. The molecule has 4 rings (SSSR count). The molecule has 0 spiro atoms. The van der Waals surface area contributed by atoms with Gasteiger partial charge in [0.05, 0.1) is 0 Å². The molecular formula is C25H32Cl2SSiZr. The molecule has 5 heteroatoms. The van der Waals surface area contributed by atoms with Gasteiger partial charge in [0.25, 0.3) is 0 Å². The summed E-state index contributed by atoms with van der Waals surface area (Å²) in [6.07, 6.45) is 3.36. The van der Waals surface area contributed by atoms with E-state index in [2.05, 4.69) is 101 Å². The second kappa shape index (κ2) is 14.0. The van der Waals surface area contributed by atoms with Crippen molar-refractivity contribution in [3.05, 3.63) is 75.5 Å². The predicted octanol–water partition coefficient (Wildman–Crippen LogP) is 8.95. The fourth-order valence-electron chi connectivity index (χ4n) is 3.32. The molecule has 2 aromatic carbocycles. The molecule has 0 amide bonds. The molecule has 0 saturated heterocycles. The molecule has 160 valence electrons. The molecule has 3 aromatic rings. The van der Waals surface area contributed by atoms with E-state index in [4.69, 9.17) is 0 Å². The predicted molar refractivity (Wildman–Crippen MR) is 140 cm³/mol. The van der Waals surface area contributed by atoms with Crippen LogP contribution in [0.2, 0.25) is 13.1 Å². The Kier molecular flexibility index (Phi) is 13.8. The van der Waals surface area contributed by atoms with E-state index >= 15 is 0 Å². The molecular weight excluding hydrogens is 523 g/mol. The third-order valence-corrected chi connectivity index (χ3v) is 5.73. The van der Waals surface area contributed by atoms with Crippen molar-refractivity contribution in [2.24, 2.45) is 5.92 Å². The van der Waals surface area contributed by atoms with Crippen LogP contribution in [0.15, 0.2) is 63.9 Å². The van der Waals surface area contributed by atoms with Gasteiger partial charge in [-0.3, -0.25) is 6.08 Å². The van der Waals surface area contributed by atoms with E-state index in [0.29, 0.717) is 5.92 Å². The zero-order valence-electron chi connectivity index (χ0n) is 18.9. The summed E-state index contributed by atoms with van der Waals surface area (Å²) in [5.41, 5.74) is 8.57. The molecule has 1 aliphatic rings. The average Bonchev–Trinajstić information content (AvgIpc) is 3.31.